The Morgan fingerprint density at radius 1 is 1.21 bits per heavy atom. The van der Waals surface area contributed by atoms with Gasteiger partial charge in [0.25, 0.3) is 5.91 Å². The summed E-state index contributed by atoms with van der Waals surface area (Å²) in [5.41, 5.74) is 2.02. The fourth-order valence-corrected chi connectivity index (χ4v) is 4.25. The number of nitrogens with one attached hydrogen (secondary N) is 1. The number of methoxy groups -OCH3 is 2. The van der Waals surface area contributed by atoms with Gasteiger partial charge in [0, 0.05) is 4.88 Å². The van der Waals surface area contributed by atoms with Crippen molar-refractivity contribution in [3.05, 3.63) is 39.8 Å². The lowest BCUT2D eigenvalue weighted by Crippen LogP contribution is -2.14. The number of hydrogen-bond acceptors (Lipinski definition) is 5. The van der Waals surface area contributed by atoms with E-state index in [0.717, 1.165) is 31.2 Å². The minimum absolute atomic E-state index is 0.331. The van der Waals surface area contributed by atoms with Gasteiger partial charge in [0.15, 0.2) is 0 Å². The highest BCUT2D eigenvalue weighted by Gasteiger charge is 2.24. The van der Waals surface area contributed by atoms with Crippen LogP contribution in [-0.2, 0) is 12.8 Å². The molecule has 1 aromatic heterocycles. The number of nitrogens with zero attached hydrogens (tertiary/aromatic N) is 1. The first-order chi connectivity index (χ1) is 11.7. The highest BCUT2D eigenvalue weighted by atomic mass is 32.1. The summed E-state index contributed by atoms with van der Waals surface area (Å²) in [5.74, 6) is 0.540. The van der Waals surface area contributed by atoms with Crippen LogP contribution in [0.15, 0.2) is 18.2 Å². The van der Waals surface area contributed by atoms with Crippen LogP contribution in [-0.4, -0.2) is 20.1 Å². The van der Waals surface area contributed by atoms with E-state index in [1.807, 2.05) is 0 Å². The largest absolute Gasteiger partial charge is 0.496 e. The summed E-state index contributed by atoms with van der Waals surface area (Å²) < 4.78 is 10.6. The molecule has 1 amide bonds. The lowest BCUT2D eigenvalue weighted by Gasteiger charge is -2.12. The van der Waals surface area contributed by atoms with Crippen LogP contribution in [0.25, 0.3) is 0 Å². The number of carbonyl (C=O) groups is 1. The maximum Gasteiger partial charge on any atom is 0.263 e. The molecular formula is C18H18N2O3S. The first kappa shape index (κ1) is 16.3. The molecule has 124 valence electrons. The predicted octanol–water partition coefficient (Wildman–Crippen LogP) is 3.77. The normalized spacial score (nSPS) is 12.9. The zero-order valence-electron chi connectivity index (χ0n) is 13.6. The third-order valence-electron chi connectivity index (χ3n) is 4.17. The Balaban J connectivity index is 1.97. The molecule has 0 saturated carbocycles. The van der Waals surface area contributed by atoms with Gasteiger partial charge in [0.05, 0.1) is 19.8 Å². The van der Waals surface area contributed by atoms with Crippen LogP contribution in [0.3, 0.4) is 0 Å². The van der Waals surface area contributed by atoms with Crippen molar-refractivity contribution in [2.75, 3.05) is 19.5 Å². The summed E-state index contributed by atoms with van der Waals surface area (Å²) in [5, 5.41) is 13.0. The van der Waals surface area contributed by atoms with E-state index >= 15 is 0 Å². The number of anilines is 1. The summed E-state index contributed by atoms with van der Waals surface area (Å²) >= 11 is 1.50. The summed E-state index contributed by atoms with van der Waals surface area (Å²) in [7, 11) is 3.02. The number of amides is 1. The Morgan fingerprint density at radius 3 is 2.50 bits per heavy atom. The van der Waals surface area contributed by atoms with E-state index in [2.05, 4.69) is 11.4 Å². The van der Waals surface area contributed by atoms with Crippen LogP contribution in [0.2, 0.25) is 0 Å². The minimum Gasteiger partial charge on any atom is -0.496 e. The molecule has 0 aliphatic heterocycles. The van der Waals surface area contributed by atoms with E-state index in [1.165, 1.54) is 30.4 Å². The standard InChI is InChI=1S/C18H18N2O3S/c1-22-13-7-5-8-14(23-2)16(13)17(21)20-18-12(10-19)11-6-3-4-9-15(11)24-18/h5,7-8H,3-4,6,9H2,1-2H3,(H,20,21). The highest BCUT2D eigenvalue weighted by Crippen LogP contribution is 2.38. The van der Waals surface area contributed by atoms with Gasteiger partial charge < -0.3 is 14.8 Å². The Morgan fingerprint density at radius 2 is 1.88 bits per heavy atom. The summed E-state index contributed by atoms with van der Waals surface area (Å²) in [4.78, 5) is 14.0. The molecule has 5 nitrogen and oxygen atoms in total. The molecule has 1 N–H and O–H groups in total. The molecule has 3 rings (SSSR count). The van der Waals surface area contributed by atoms with Gasteiger partial charge >= 0.3 is 0 Å². The average Bonchev–Trinajstić information content (AvgIpc) is 2.97. The Bertz CT molecular complexity index is 798. The van der Waals surface area contributed by atoms with Crippen molar-refractivity contribution in [3.63, 3.8) is 0 Å². The maximum absolute atomic E-state index is 12.8. The summed E-state index contributed by atoms with van der Waals surface area (Å²) in [6.45, 7) is 0. The number of benzene rings is 1. The molecule has 0 fully saturated rings. The molecule has 6 heteroatoms. The number of aryl methyl sites for hydroxylation is 1. The molecule has 0 bridgehead atoms. The fourth-order valence-electron chi connectivity index (χ4n) is 3.01. The number of fused-ring (bicyclic) bond motifs is 1. The lowest BCUT2D eigenvalue weighted by molar-refractivity contribution is 0.102. The molecule has 0 saturated heterocycles. The van der Waals surface area contributed by atoms with Gasteiger partial charge in [-0.1, -0.05) is 6.07 Å². The molecule has 24 heavy (non-hydrogen) atoms. The van der Waals surface area contributed by atoms with Crippen molar-refractivity contribution in [2.24, 2.45) is 0 Å². The second-order valence-electron chi connectivity index (χ2n) is 5.52. The first-order valence-corrected chi connectivity index (χ1v) is 8.58. The van der Waals surface area contributed by atoms with E-state index in [0.29, 0.717) is 27.6 Å². The van der Waals surface area contributed by atoms with Crippen molar-refractivity contribution in [3.8, 4) is 17.6 Å². The second kappa shape index (κ2) is 6.93. The Hall–Kier alpha value is -2.52. The van der Waals surface area contributed by atoms with E-state index in [4.69, 9.17) is 9.47 Å². The van der Waals surface area contributed by atoms with Crippen molar-refractivity contribution in [1.82, 2.24) is 0 Å². The molecule has 1 aliphatic rings. The molecule has 1 aromatic carbocycles. The molecule has 2 aromatic rings. The minimum atomic E-state index is -0.334. The van der Waals surface area contributed by atoms with Gasteiger partial charge in [-0.05, 0) is 43.4 Å². The van der Waals surface area contributed by atoms with Crippen LogP contribution in [0.1, 0.15) is 39.2 Å². The lowest BCUT2D eigenvalue weighted by atomic mass is 9.96. The topological polar surface area (TPSA) is 71.3 Å². The van der Waals surface area contributed by atoms with Crippen LogP contribution in [0.5, 0.6) is 11.5 Å². The smallest absolute Gasteiger partial charge is 0.263 e. The summed E-state index contributed by atoms with van der Waals surface area (Å²) in [6.07, 6.45) is 4.10. The van der Waals surface area contributed by atoms with E-state index < -0.39 is 0 Å². The maximum atomic E-state index is 12.8. The Kier molecular flexibility index (Phi) is 4.72. The quantitative estimate of drug-likeness (QED) is 0.918. The van der Waals surface area contributed by atoms with Gasteiger partial charge in [-0.2, -0.15) is 5.26 Å². The highest BCUT2D eigenvalue weighted by molar-refractivity contribution is 7.16. The number of carbonyl (C=O) groups excluding carboxylic acids is 1. The summed E-state index contributed by atoms with van der Waals surface area (Å²) in [6, 6.07) is 7.43. The van der Waals surface area contributed by atoms with Crippen LogP contribution in [0.4, 0.5) is 5.00 Å². The monoisotopic (exact) mass is 342 g/mol. The van der Waals surface area contributed by atoms with Crippen molar-refractivity contribution in [2.45, 2.75) is 25.7 Å². The van der Waals surface area contributed by atoms with Gasteiger partial charge in [-0.15, -0.1) is 11.3 Å². The van der Waals surface area contributed by atoms with E-state index in [1.54, 1.807) is 18.2 Å². The molecule has 0 atom stereocenters. The number of nitriles is 1. The first-order valence-electron chi connectivity index (χ1n) is 7.76. The zero-order chi connectivity index (χ0) is 17.1. The van der Waals surface area contributed by atoms with Gasteiger partial charge in [-0.3, -0.25) is 4.79 Å². The second-order valence-corrected chi connectivity index (χ2v) is 6.62. The number of ether oxygens (including phenoxy) is 2. The number of hydrogen-bond donors (Lipinski definition) is 1. The third kappa shape index (κ3) is 2.83. The predicted molar refractivity (Wildman–Crippen MR) is 93.2 cm³/mol. The van der Waals surface area contributed by atoms with E-state index in [9.17, 15) is 10.1 Å². The van der Waals surface area contributed by atoms with Crippen molar-refractivity contribution in [1.29, 1.82) is 5.26 Å². The fraction of sp³-hybridized carbons (Fsp3) is 0.333. The van der Waals surface area contributed by atoms with Gasteiger partial charge in [-0.25, -0.2) is 0 Å². The van der Waals surface area contributed by atoms with Gasteiger partial charge in [0.2, 0.25) is 0 Å². The van der Waals surface area contributed by atoms with Crippen molar-refractivity contribution >= 4 is 22.2 Å². The number of rotatable bonds is 4. The molecule has 1 aliphatic carbocycles. The third-order valence-corrected chi connectivity index (χ3v) is 5.37. The van der Waals surface area contributed by atoms with Crippen LogP contribution in [0, 0.1) is 11.3 Å². The molecule has 0 spiro atoms. The van der Waals surface area contributed by atoms with Crippen LogP contribution >= 0.6 is 11.3 Å². The SMILES string of the molecule is COc1cccc(OC)c1C(=O)Nc1sc2c(c1C#N)CCCC2. The molecule has 0 unspecified atom stereocenters. The average molecular weight is 342 g/mol. The zero-order valence-corrected chi connectivity index (χ0v) is 14.5. The van der Waals surface area contributed by atoms with E-state index in [-0.39, 0.29) is 5.91 Å². The van der Waals surface area contributed by atoms with Gasteiger partial charge in [0.1, 0.15) is 28.1 Å². The number of thiophene rings is 1. The Labute approximate surface area is 144 Å². The molecular weight excluding hydrogens is 324 g/mol. The van der Waals surface area contributed by atoms with Crippen LogP contribution < -0.4 is 14.8 Å². The molecule has 0 radical (unpaired) electrons. The van der Waals surface area contributed by atoms with Crippen molar-refractivity contribution < 1.29 is 14.3 Å². The molecule has 1 heterocycles.